The number of esters is 1. The van der Waals surface area contributed by atoms with E-state index >= 15 is 0 Å². The number of carbonyl (C=O) groups excluding carboxylic acids is 2. The Labute approximate surface area is 129 Å². The van der Waals surface area contributed by atoms with Crippen molar-refractivity contribution in [1.29, 1.82) is 0 Å². The van der Waals surface area contributed by atoms with Gasteiger partial charge in [-0.3, -0.25) is 4.79 Å². The van der Waals surface area contributed by atoms with Crippen molar-refractivity contribution in [3.05, 3.63) is 16.0 Å². The molecule has 0 saturated heterocycles. The fourth-order valence-corrected chi connectivity index (χ4v) is 4.10. The first kappa shape index (κ1) is 16.0. The van der Waals surface area contributed by atoms with Crippen LogP contribution in [0, 0.1) is 5.92 Å². The minimum Gasteiger partial charge on any atom is -0.465 e. The fourth-order valence-electron chi connectivity index (χ4n) is 2.68. The number of fused-ring (bicyclic) bond motifs is 1. The van der Waals surface area contributed by atoms with Crippen molar-refractivity contribution >= 4 is 28.2 Å². The van der Waals surface area contributed by atoms with Crippen LogP contribution >= 0.6 is 11.3 Å². The number of ether oxygens (including phenoxy) is 1. The van der Waals surface area contributed by atoms with Crippen molar-refractivity contribution in [3.8, 4) is 0 Å². The van der Waals surface area contributed by atoms with Crippen LogP contribution in [0.15, 0.2) is 0 Å². The molecule has 21 heavy (non-hydrogen) atoms. The Kier molecular flexibility index (Phi) is 5.39. The zero-order chi connectivity index (χ0) is 15.4. The SMILES string of the molecule is CCCCC(=O)Nc1sc2c(c1C(=O)OC)CCC(C)C2. The molecule has 1 heterocycles. The molecule has 5 heteroatoms. The van der Waals surface area contributed by atoms with Gasteiger partial charge in [0.15, 0.2) is 0 Å². The molecule has 2 rings (SSSR count). The van der Waals surface area contributed by atoms with E-state index < -0.39 is 0 Å². The van der Waals surface area contributed by atoms with Crippen molar-refractivity contribution in [1.82, 2.24) is 0 Å². The van der Waals surface area contributed by atoms with Gasteiger partial charge >= 0.3 is 5.97 Å². The molecule has 0 spiro atoms. The summed E-state index contributed by atoms with van der Waals surface area (Å²) in [5, 5.41) is 3.58. The maximum Gasteiger partial charge on any atom is 0.341 e. The standard InChI is InChI=1S/C16H23NO3S/c1-4-5-6-13(18)17-15-14(16(19)20-3)11-8-7-10(2)9-12(11)21-15/h10H,4-9H2,1-3H3,(H,17,18). The largest absolute Gasteiger partial charge is 0.465 e. The lowest BCUT2D eigenvalue weighted by atomic mass is 9.88. The Balaban J connectivity index is 2.27. The smallest absolute Gasteiger partial charge is 0.341 e. The molecule has 1 aliphatic carbocycles. The molecule has 1 amide bonds. The van der Waals surface area contributed by atoms with Crippen LogP contribution in [0.2, 0.25) is 0 Å². The molecule has 1 atom stereocenters. The summed E-state index contributed by atoms with van der Waals surface area (Å²) in [5.41, 5.74) is 1.66. The highest BCUT2D eigenvalue weighted by Crippen LogP contribution is 2.40. The van der Waals surface area contributed by atoms with Gasteiger partial charge in [-0.25, -0.2) is 4.79 Å². The summed E-state index contributed by atoms with van der Waals surface area (Å²) in [6.07, 6.45) is 5.29. The average Bonchev–Trinajstić information content (AvgIpc) is 2.81. The van der Waals surface area contributed by atoms with E-state index in [1.807, 2.05) is 0 Å². The molecule has 0 saturated carbocycles. The van der Waals surface area contributed by atoms with E-state index in [1.165, 1.54) is 23.3 Å². The lowest BCUT2D eigenvalue weighted by Gasteiger charge is -2.18. The number of methoxy groups -OCH3 is 1. The minimum atomic E-state index is -0.340. The first-order chi connectivity index (χ1) is 10.1. The Morgan fingerprint density at radius 3 is 2.86 bits per heavy atom. The molecule has 0 radical (unpaired) electrons. The molecule has 1 aliphatic rings. The van der Waals surface area contributed by atoms with Crippen LogP contribution < -0.4 is 5.32 Å². The van der Waals surface area contributed by atoms with Crippen LogP contribution in [0.5, 0.6) is 0 Å². The zero-order valence-electron chi connectivity index (χ0n) is 13.0. The van der Waals surface area contributed by atoms with Crippen molar-refractivity contribution < 1.29 is 14.3 Å². The number of thiophene rings is 1. The monoisotopic (exact) mass is 309 g/mol. The minimum absolute atomic E-state index is 0.0198. The van der Waals surface area contributed by atoms with Crippen LogP contribution in [-0.2, 0) is 22.4 Å². The number of amides is 1. The van der Waals surface area contributed by atoms with Crippen molar-refractivity contribution in [2.45, 2.75) is 52.4 Å². The number of hydrogen-bond donors (Lipinski definition) is 1. The van der Waals surface area contributed by atoms with E-state index in [2.05, 4.69) is 19.2 Å². The summed E-state index contributed by atoms with van der Waals surface area (Å²) in [4.78, 5) is 25.3. The summed E-state index contributed by atoms with van der Waals surface area (Å²) in [7, 11) is 1.39. The lowest BCUT2D eigenvalue weighted by molar-refractivity contribution is -0.116. The second-order valence-corrected chi connectivity index (χ2v) is 6.80. The van der Waals surface area contributed by atoms with Gasteiger partial charge in [-0.1, -0.05) is 20.3 Å². The summed E-state index contributed by atoms with van der Waals surface area (Å²) in [5.74, 6) is 0.270. The van der Waals surface area contributed by atoms with Gasteiger partial charge in [0.25, 0.3) is 0 Å². The maximum absolute atomic E-state index is 12.1. The topological polar surface area (TPSA) is 55.4 Å². The first-order valence-corrected chi connectivity index (χ1v) is 8.41. The molecule has 0 aromatic carbocycles. The third-order valence-electron chi connectivity index (χ3n) is 3.91. The summed E-state index contributed by atoms with van der Waals surface area (Å²) < 4.78 is 4.91. The third kappa shape index (κ3) is 3.64. The number of rotatable bonds is 5. The molecule has 1 N–H and O–H groups in total. The second kappa shape index (κ2) is 7.07. The van der Waals surface area contributed by atoms with Crippen LogP contribution in [0.4, 0.5) is 5.00 Å². The van der Waals surface area contributed by atoms with Crippen molar-refractivity contribution in [2.24, 2.45) is 5.92 Å². The van der Waals surface area contributed by atoms with Gasteiger partial charge in [0.2, 0.25) is 5.91 Å². The van der Waals surface area contributed by atoms with Gasteiger partial charge in [0.05, 0.1) is 12.7 Å². The maximum atomic E-state index is 12.1. The summed E-state index contributed by atoms with van der Waals surface area (Å²) in [6, 6.07) is 0. The number of anilines is 1. The normalized spacial score (nSPS) is 17.2. The number of unbranched alkanes of at least 4 members (excludes halogenated alkanes) is 1. The van der Waals surface area contributed by atoms with E-state index in [-0.39, 0.29) is 11.9 Å². The molecule has 116 valence electrons. The van der Waals surface area contributed by atoms with Gasteiger partial charge in [-0.2, -0.15) is 0 Å². The molecule has 4 nitrogen and oxygen atoms in total. The molecule has 1 aromatic heterocycles. The van der Waals surface area contributed by atoms with Gasteiger partial charge in [0.1, 0.15) is 5.00 Å². The summed E-state index contributed by atoms with van der Waals surface area (Å²) >= 11 is 1.54. The predicted octanol–water partition coefficient (Wildman–Crippen LogP) is 3.79. The van der Waals surface area contributed by atoms with E-state index in [4.69, 9.17) is 4.74 Å². The van der Waals surface area contributed by atoms with E-state index in [9.17, 15) is 9.59 Å². The van der Waals surface area contributed by atoms with Crippen molar-refractivity contribution in [2.75, 3.05) is 12.4 Å². The third-order valence-corrected chi connectivity index (χ3v) is 5.08. The summed E-state index contributed by atoms with van der Waals surface area (Å²) in [6.45, 7) is 4.28. The first-order valence-electron chi connectivity index (χ1n) is 7.59. The van der Waals surface area contributed by atoms with Gasteiger partial charge in [-0.15, -0.1) is 11.3 Å². The molecule has 0 aliphatic heterocycles. The Morgan fingerprint density at radius 1 is 1.43 bits per heavy atom. The second-order valence-electron chi connectivity index (χ2n) is 5.70. The molecule has 1 unspecified atom stereocenters. The lowest BCUT2D eigenvalue weighted by Crippen LogP contribution is -2.15. The van der Waals surface area contributed by atoms with Crippen LogP contribution in [0.1, 0.15) is 60.3 Å². The van der Waals surface area contributed by atoms with Crippen LogP contribution in [0.3, 0.4) is 0 Å². The highest BCUT2D eigenvalue weighted by atomic mass is 32.1. The van der Waals surface area contributed by atoms with E-state index in [1.54, 1.807) is 0 Å². The zero-order valence-corrected chi connectivity index (χ0v) is 13.8. The molecular weight excluding hydrogens is 286 g/mol. The molecule has 1 aromatic rings. The van der Waals surface area contributed by atoms with E-state index in [0.29, 0.717) is 22.9 Å². The van der Waals surface area contributed by atoms with Gasteiger partial charge < -0.3 is 10.1 Å². The molecule has 0 bridgehead atoms. The molecular formula is C16H23NO3S. The number of nitrogens with one attached hydrogen (secondary N) is 1. The average molecular weight is 309 g/mol. The highest BCUT2D eigenvalue weighted by molar-refractivity contribution is 7.17. The fraction of sp³-hybridized carbons (Fsp3) is 0.625. The Hall–Kier alpha value is -1.36. The highest BCUT2D eigenvalue weighted by Gasteiger charge is 2.28. The van der Waals surface area contributed by atoms with Crippen molar-refractivity contribution in [3.63, 3.8) is 0 Å². The quantitative estimate of drug-likeness (QED) is 0.842. The Morgan fingerprint density at radius 2 is 2.19 bits per heavy atom. The van der Waals surface area contributed by atoms with Crippen LogP contribution in [-0.4, -0.2) is 19.0 Å². The van der Waals surface area contributed by atoms with Gasteiger partial charge in [-0.05, 0) is 37.2 Å². The Bertz CT molecular complexity index is 536. The predicted molar refractivity (Wildman–Crippen MR) is 85.0 cm³/mol. The van der Waals surface area contributed by atoms with Crippen LogP contribution in [0.25, 0.3) is 0 Å². The van der Waals surface area contributed by atoms with Gasteiger partial charge in [0, 0.05) is 11.3 Å². The number of carbonyl (C=O) groups is 2. The van der Waals surface area contributed by atoms with E-state index in [0.717, 1.165) is 37.7 Å². The molecule has 0 fully saturated rings. The number of hydrogen-bond acceptors (Lipinski definition) is 4.